The molecule has 1 aromatic heterocycles. The summed E-state index contributed by atoms with van der Waals surface area (Å²) < 4.78 is 6.67. The van der Waals surface area contributed by atoms with E-state index in [0.717, 1.165) is 10.6 Å². The fourth-order valence-electron chi connectivity index (χ4n) is 2.10. The highest BCUT2D eigenvalue weighted by Gasteiger charge is 2.53. The molecule has 0 aliphatic carbocycles. The summed E-state index contributed by atoms with van der Waals surface area (Å²) in [5, 5.41) is 19.1. The average Bonchev–Trinajstić information content (AvgIpc) is 2.64. The molecule has 1 aliphatic rings. The Morgan fingerprint density at radius 1 is 1.63 bits per heavy atom. The van der Waals surface area contributed by atoms with Crippen LogP contribution in [0.15, 0.2) is 34.5 Å². The van der Waals surface area contributed by atoms with Crippen LogP contribution in [-0.4, -0.2) is 43.4 Å². The van der Waals surface area contributed by atoms with Gasteiger partial charge in [-0.15, -0.1) is 0 Å². The van der Waals surface area contributed by atoms with Gasteiger partial charge in [-0.3, -0.25) is 14.3 Å². The van der Waals surface area contributed by atoms with Crippen LogP contribution < -0.4 is 11.2 Å². The normalized spacial score (nSPS) is 34.4. The SMILES string of the molecule is C=C[C@@]1(n2ccc(=O)[nH]c2=O)O[C@H](CO)[C@@H](O)[C@H]1Br. The van der Waals surface area contributed by atoms with Crippen molar-refractivity contribution in [3.63, 3.8) is 0 Å². The van der Waals surface area contributed by atoms with E-state index in [1.165, 1.54) is 12.3 Å². The molecule has 1 aromatic rings. The number of ether oxygens (including phenoxy) is 1. The first-order chi connectivity index (χ1) is 8.96. The topological polar surface area (TPSA) is 105 Å². The Balaban J connectivity index is 2.58. The predicted octanol–water partition coefficient (Wildman–Crippen LogP) is -1.11. The van der Waals surface area contributed by atoms with Gasteiger partial charge in [-0.05, 0) is 6.08 Å². The number of nitrogens with zero attached hydrogens (tertiary/aromatic N) is 1. The van der Waals surface area contributed by atoms with E-state index in [0.29, 0.717) is 0 Å². The molecule has 0 spiro atoms. The van der Waals surface area contributed by atoms with Gasteiger partial charge in [0.2, 0.25) is 0 Å². The van der Waals surface area contributed by atoms with Gasteiger partial charge < -0.3 is 14.9 Å². The number of aliphatic hydroxyl groups excluding tert-OH is 2. The van der Waals surface area contributed by atoms with E-state index in [9.17, 15) is 14.7 Å². The monoisotopic (exact) mass is 332 g/mol. The molecule has 0 saturated carbocycles. The standard InChI is InChI=1S/C11H13BrN2O5/c1-2-11(9(12)8(17)6(5-15)19-11)14-4-3-7(16)13-10(14)18/h2-4,6,8-9,15,17H,1,5H2,(H,13,16,18)/t6-,8-,9-,11-/m1/s1. The maximum atomic E-state index is 11.9. The Morgan fingerprint density at radius 3 is 2.79 bits per heavy atom. The van der Waals surface area contributed by atoms with Gasteiger partial charge >= 0.3 is 5.69 Å². The van der Waals surface area contributed by atoms with E-state index in [1.807, 2.05) is 0 Å². The first kappa shape index (κ1) is 14.2. The van der Waals surface area contributed by atoms with E-state index in [4.69, 9.17) is 9.84 Å². The molecule has 2 rings (SSSR count). The van der Waals surface area contributed by atoms with Crippen LogP contribution in [0.4, 0.5) is 0 Å². The average molecular weight is 333 g/mol. The lowest BCUT2D eigenvalue weighted by Crippen LogP contribution is -2.47. The minimum Gasteiger partial charge on any atom is -0.394 e. The van der Waals surface area contributed by atoms with Crippen molar-refractivity contribution < 1.29 is 14.9 Å². The van der Waals surface area contributed by atoms with E-state index < -0.39 is 40.6 Å². The molecule has 0 amide bonds. The summed E-state index contributed by atoms with van der Waals surface area (Å²) in [5.74, 6) is 0. The van der Waals surface area contributed by atoms with Gasteiger partial charge in [0.05, 0.1) is 11.4 Å². The highest BCUT2D eigenvalue weighted by atomic mass is 79.9. The molecule has 7 nitrogen and oxygen atoms in total. The molecule has 0 radical (unpaired) electrons. The van der Waals surface area contributed by atoms with E-state index in [-0.39, 0.29) is 0 Å². The quantitative estimate of drug-likeness (QED) is 0.481. The molecule has 1 fully saturated rings. The van der Waals surface area contributed by atoms with Gasteiger partial charge in [-0.1, -0.05) is 22.5 Å². The molecular formula is C11H13BrN2O5. The van der Waals surface area contributed by atoms with Crippen LogP contribution in [0.2, 0.25) is 0 Å². The Morgan fingerprint density at radius 2 is 2.32 bits per heavy atom. The fourth-order valence-corrected chi connectivity index (χ4v) is 2.95. The van der Waals surface area contributed by atoms with Crippen molar-refractivity contribution in [1.29, 1.82) is 0 Å². The van der Waals surface area contributed by atoms with Crippen molar-refractivity contribution in [3.8, 4) is 0 Å². The second-order valence-electron chi connectivity index (χ2n) is 4.17. The minimum absolute atomic E-state index is 0.406. The first-order valence-corrected chi connectivity index (χ1v) is 6.44. The molecular weight excluding hydrogens is 320 g/mol. The number of hydrogen-bond donors (Lipinski definition) is 3. The highest BCUT2D eigenvalue weighted by molar-refractivity contribution is 9.09. The summed E-state index contributed by atoms with van der Waals surface area (Å²) >= 11 is 3.25. The van der Waals surface area contributed by atoms with Gasteiger partial charge in [-0.25, -0.2) is 4.79 Å². The predicted molar refractivity (Wildman–Crippen MR) is 70.2 cm³/mol. The molecule has 8 heteroatoms. The zero-order valence-corrected chi connectivity index (χ0v) is 11.4. The molecule has 4 atom stereocenters. The summed E-state index contributed by atoms with van der Waals surface area (Å²) in [5.41, 5.74) is -2.61. The third-order valence-electron chi connectivity index (χ3n) is 3.09. The lowest BCUT2D eigenvalue weighted by molar-refractivity contribution is -0.0880. The van der Waals surface area contributed by atoms with Crippen molar-refractivity contribution in [2.24, 2.45) is 0 Å². The van der Waals surface area contributed by atoms with Crippen LogP contribution in [0.5, 0.6) is 0 Å². The number of aromatic nitrogens is 2. The molecule has 0 aromatic carbocycles. The maximum Gasteiger partial charge on any atom is 0.330 e. The van der Waals surface area contributed by atoms with Gasteiger partial charge in [-0.2, -0.15) is 0 Å². The second-order valence-corrected chi connectivity index (χ2v) is 5.15. The van der Waals surface area contributed by atoms with Crippen molar-refractivity contribution in [2.75, 3.05) is 6.61 Å². The Hall–Kier alpha value is -1.22. The fraction of sp³-hybridized carbons (Fsp3) is 0.455. The number of aliphatic hydroxyl groups is 2. The van der Waals surface area contributed by atoms with Crippen LogP contribution in [0.25, 0.3) is 0 Å². The number of alkyl halides is 1. The molecule has 0 bridgehead atoms. The van der Waals surface area contributed by atoms with Crippen LogP contribution in [0.1, 0.15) is 0 Å². The summed E-state index contributed by atoms with van der Waals surface area (Å²) in [6.07, 6.45) is 0.706. The Labute approximate surface area is 116 Å². The van der Waals surface area contributed by atoms with Crippen LogP contribution in [-0.2, 0) is 10.5 Å². The van der Waals surface area contributed by atoms with Crippen LogP contribution >= 0.6 is 15.9 Å². The lowest BCUT2D eigenvalue weighted by Gasteiger charge is -2.30. The number of rotatable bonds is 3. The zero-order valence-electron chi connectivity index (χ0n) is 9.82. The van der Waals surface area contributed by atoms with Gasteiger partial charge in [0.15, 0.2) is 5.72 Å². The van der Waals surface area contributed by atoms with Gasteiger partial charge in [0.1, 0.15) is 12.2 Å². The first-order valence-electron chi connectivity index (χ1n) is 5.53. The summed E-state index contributed by atoms with van der Waals surface area (Å²) in [6.45, 7) is 3.20. The van der Waals surface area contributed by atoms with E-state index in [2.05, 4.69) is 27.5 Å². The molecule has 1 saturated heterocycles. The van der Waals surface area contributed by atoms with Crippen molar-refractivity contribution in [3.05, 3.63) is 45.8 Å². The summed E-state index contributed by atoms with van der Waals surface area (Å²) in [7, 11) is 0. The molecule has 3 N–H and O–H groups in total. The van der Waals surface area contributed by atoms with Gasteiger partial charge in [0.25, 0.3) is 5.56 Å². The van der Waals surface area contributed by atoms with Crippen molar-refractivity contribution in [2.45, 2.75) is 22.8 Å². The number of hydrogen-bond acceptors (Lipinski definition) is 5. The maximum absolute atomic E-state index is 11.9. The number of H-pyrrole nitrogens is 1. The molecule has 19 heavy (non-hydrogen) atoms. The smallest absolute Gasteiger partial charge is 0.330 e. The molecule has 2 heterocycles. The molecule has 1 aliphatic heterocycles. The summed E-state index contributed by atoms with van der Waals surface area (Å²) in [6, 6.07) is 1.16. The number of nitrogens with one attached hydrogen (secondary N) is 1. The third kappa shape index (κ3) is 2.10. The number of halogens is 1. The second kappa shape index (κ2) is 5.04. The van der Waals surface area contributed by atoms with Crippen LogP contribution in [0, 0.1) is 0 Å². The third-order valence-corrected chi connectivity index (χ3v) is 4.29. The minimum atomic E-state index is -1.38. The Bertz CT molecular complexity index is 597. The zero-order chi connectivity index (χ0) is 14.2. The molecule has 104 valence electrons. The van der Waals surface area contributed by atoms with Crippen molar-refractivity contribution in [1.82, 2.24) is 9.55 Å². The van der Waals surface area contributed by atoms with E-state index >= 15 is 0 Å². The van der Waals surface area contributed by atoms with Crippen LogP contribution in [0.3, 0.4) is 0 Å². The number of aromatic amines is 1. The summed E-state index contributed by atoms with van der Waals surface area (Å²) in [4.78, 5) is 24.3. The van der Waals surface area contributed by atoms with Crippen molar-refractivity contribution >= 4 is 15.9 Å². The lowest BCUT2D eigenvalue weighted by atomic mass is 10.1. The Kier molecular flexibility index (Phi) is 3.77. The largest absolute Gasteiger partial charge is 0.394 e. The molecule has 0 unspecified atom stereocenters. The van der Waals surface area contributed by atoms with E-state index in [1.54, 1.807) is 0 Å². The van der Waals surface area contributed by atoms with Gasteiger partial charge in [0, 0.05) is 12.3 Å². The highest BCUT2D eigenvalue weighted by Crippen LogP contribution is 2.40.